The molecule has 0 aromatic heterocycles. The molecule has 2 aliphatic heterocycles. The van der Waals surface area contributed by atoms with E-state index in [0.29, 0.717) is 23.6 Å². The first-order valence-corrected chi connectivity index (χ1v) is 7.64. The molecule has 0 saturated carbocycles. The normalized spacial score (nSPS) is 24.0. The summed E-state index contributed by atoms with van der Waals surface area (Å²) in [5.41, 5.74) is 0. The second kappa shape index (κ2) is 4.38. The topological polar surface area (TPSA) is 63.7 Å². The average Bonchev–Trinajstić information content (AvgIpc) is 2.74. The standard InChI is InChI=1S/C13H13NO4S/c15-12-8-13-14(12)9-10(18-13)6-7-19(16,17)11-4-2-1-3-5-11/h1-6,13H,7-9H2/t13-/m1/s1. The molecule has 0 spiro atoms. The largest absolute Gasteiger partial charge is 0.473 e. The molecule has 6 heteroatoms. The Morgan fingerprint density at radius 2 is 2.05 bits per heavy atom. The lowest BCUT2D eigenvalue weighted by molar-refractivity contribution is -0.154. The lowest BCUT2D eigenvalue weighted by Gasteiger charge is -2.30. The molecular formula is C13H13NO4S. The molecule has 0 unspecified atom stereocenters. The van der Waals surface area contributed by atoms with Crippen molar-refractivity contribution in [3.05, 3.63) is 42.2 Å². The number of nitrogens with zero attached hydrogens (tertiary/aromatic N) is 1. The number of ether oxygens (including phenoxy) is 1. The molecule has 3 rings (SSSR count). The highest BCUT2D eigenvalue weighted by molar-refractivity contribution is 7.91. The zero-order valence-electron chi connectivity index (χ0n) is 10.2. The predicted octanol–water partition coefficient (Wildman–Crippen LogP) is 0.933. The van der Waals surface area contributed by atoms with Crippen LogP contribution in [0.3, 0.4) is 0 Å². The number of sulfone groups is 1. The van der Waals surface area contributed by atoms with E-state index in [1.165, 1.54) is 0 Å². The number of carbonyl (C=O) groups excluding carboxylic acids is 1. The Bertz CT molecular complexity index is 636. The first kappa shape index (κ1) is 12.2. The zero-order valence-corrected chi connectivity index (χ0v) is 11.0. The molecule has 0 bridgehead atoms. The summed E-state index contributed by atoms with van der Waals surface area (Å²) >= 11 is 0. The van der Waals surface area contributed by atoms with Crippen molar-refractivity contribution < 1.29 is 17.9 Å². The van der Waals surface area contributed by atoms with Gasteiger partial charge in [0.2, 0.25) is 5.91 Å². The summed E-state index contributed by atoms with van der Waals surface area (Å²) in [6.45, 7) is 0.383. The minimum absolute atomic E-state index is 0.0549. The fourth-order valence-corrected chi connectivity index (χ4v) is 3.31. The maximum Gasteiger partial charge on any atom is 0.231 e. The van der Waals surface area contributed by atoms with Crippen LogP contribution in [0.4, 0.5) is 0 Å². The van der Waals surface area contributed by atoms with Gasteiger partial charge < -0.3 is 4.74 Å². The van der Waals surface area contributed by atoms with E-state index < -0.39 is 9.84 Å². The third-order valence-corrected chi connectivity index (χ3v) is 4.86. The molecule has 2 fully saturated rings. The summed E-state index contributed by atoms with van der Waals surface area (Å²) in [6, 6.07) is 8.29. The summed E-state index contributed by atoms with van der Waals surface area (Å²) in [5.74, 6) is 0.510. The minimum Gasteiger partial charge on any atom is -0.473 e. The lowest BCUT2D eigenvalue weighted by Crippen LogP contribution is -2.48. The molecule has 1 amide bonds. The van der Waals surface area contributed by atoms with Crippen LogP contribution in [0.5, 0.6) is 0 Å². The highest BCUT2D eigenvalue weighted by Gasteiger charge is 2.43. The maximum absolute atomic E-state index is 12.1. The second-order valence-corrected chi connectivity index (χ2v) is 6.60. The van der Waals surface area contributed by atoms with Crippen molar-refractivity contribution >= 4 is 15.7 Å². The number of rotatable bonds is 3. The van der Waals surface area contributed by atoms with E-state index in [2.05, 4.69) is 0 Å². The van der Waals surface area contributed by atoms with Crippen LogP contribution in [0.2, 0.25) is 0 Å². The molecule has 100 valence electrons. The van der Waals surface area contributed by atoms with Gasteiger partial charge in [0.1, 0.15) is 5.76 Å². The Kier molecular flexibility index (Phi) is 2.82. The van der Waals surface area contributed by atoms with Gasteiger partial charge in [-0.05, 0) is 18.2 Å². The molecule has 0 radical (unpaired) electrons. The van der Waals surface area contributed by atoms with Gasteiger partial charge in [0.25, 0.3) is 0 Å². The Morgan fingerprint density at radius 1 is 1.32 bits per heavy atom. The lowest BCUT2D eigenvalue weighted by atomic mass is 10.2. The molecule has 2 heterocycles. The second-order valence-electron chi connectivity index (χ2n) is 4.56. The Balaban J connectivity index is 1.71. The van der Waals surface area contributed by atoms with Gasteiger partial charge in [-0.15, -0.1) is 0 Å². The monoisotopic (exact) mass is 279 g/mol. The number of benzene rings is 1. The van der Waals surface area contributed by atoms with Crippen LogP contribution < -0.4 is 0 Å². The summed E-state index contributed by atoms with van der Waals surface area (Å²) in [5, 5.41) is 0. The summed E-state index contributed by atoms with van der Waals surface area (Å²) < 4.78 is 29.6. The summed E-state index contributed by atoms with van der Waals surface area (Å²) in [4.78, 5) is 13.1. The van der Waals surface area contributed by atoms with Crippen LogP contribution in [-0.2, 0) is 19.4 Å². The third-order valence-electron chi connectivity index (χ3n) is 3.26. The van der Waals surface area contributed by atoms with Crippen molar-refractivity contribution in [1.29, 1.82) is 0 Å². The molecule has 1 aromatic rings. The van der Waals surface area contributed by atoms with Gasteiger partial charge in [-0.25, -0.2) is 8.42 Å². The molecule has 1 atom stereocenters. The van der Waals surface area contributed by atoms with Crippen LogP contribution in [0.15, 0.2) is 47.1 Å². The number of hydrogen-bond donors (Lipinski definition) is 0. The number of hydrogen-bond acceptors (Lipinski definition) is 4. The highest BCUT2D eigenvalue weighted by Crippen LogP contribution is 2.30. The van der Waals surface area contributed by atoms with Gasteiger partial charge in [-0.1, -0.05) is 18.2 Å². The molecule has 19 heavy (non-hydrogen) atoms. The smallest absolute Gasteiger partial charge is 0.231 e. The van der Waals surface area contributed by atoms with E-state index in [0.717, 1.165) is 0 Å². The molecule has 1 aromatic carbocycles. The molecule has 0 aliphatic carbocycles. The van der Waals surface area contributed by atoms with E-state index in [4.69, 9.17) is 4.74 Å². The van der Waals surface area contributed by atoms with Gasteiger partial charge in [0, 0.05) is 0 Å². The van der Waals surface area contributed by atoms with Crippen molar-refractivity contribution in [3.8, 4) is 0 Å². The van der Waals surface area contributed by atoms with Gasteiger partial charge in [-0.2, -0.15) is 0 Å². The molecule has 5 nitrogen and oxygen atoms in total. The Hall–Kier alpha value is -1.82. The Labute approximate surface area is 111 Å². The van der Waals surface area contributed by atoms with Crippen LogP contribution in [-0.4, -0.2) is 37.8 Å². The molecule has 2 saturated heterocycles. The minimum atomic E-state index is -3.34. The van der Waals surface area contributed by atoms with Gasteiger partial charge in [-0.3, -0.25) is 9.69 Å². The van der Waals surface area contributed by atoms with Crippen LogP contribution in [0.1, 0.15) is 6.42 Å². The van der Waals surface area contributed by atoms with Crippen molar-refractivity contribution in [1.82, 2.24) is 4.90 Å². The Morgan fingerprint density at radius 3 is 2.68 bits per heavy atom. The molecule has 0 N–H and O–H groups in total. The maximum atomic E-state index is 12.1. The van der Waals surface area contributed by atoms with E-state index in [-0.39, 0.29) is 17.9 Å². The first-order chi connectivity index (χ1) is 9.06. The molecular weight excluding hydrogens is 266 g/mol. The fourth-order valence-electron chi connectivity index (χ4n) is 2.14. The van der Waals surface area contributed by atoms with E-state index in [9.17, 15) is 13.2 Å². The van der Waals surface area contributed by atoms with Gasteiger partial charge >= 0.3 is 0 Å². The van der Waals surface area contributed by atoms with Crippen molar-refractivity contribution in [3.63, 3.8) is 0 Å². The van der Waals surface area contributed by atoms with Crippen molar-refractivity contribution in [2.75, 3.05) is 12.3 Å². The SMILES string of the molecule is O=C1C[C@H]2OC(=CCS(=O)(=O)c3ccccc3)CN12. The summed E-state index contributed by atoms with van der Waals surface area (Å²) in [6.07, 6.45) is 1.76. The van der Waals surface area contributed by atoms with Crippen molar-refractivity contribution in [2.45, 2.75) is 17.5 Å². The van der Waals surface area contributed by atoms with E-state index in [1.807, 2.05) is 0 Å². The average molecular weight is 279 g/mol. The van der Waals surface area contributed by atoms with Gasteiger partial charge in [0.05, 0.1) is 23.6 Å². The van der Waals surface area contributed by atoms with Gasteiger partial charge in [0.15, 0.2) is 16.1 Å². The highest BCUT2D eigenvalue weighted by atomic mass is 32.2. The van der Waals surface area contributed by atoms with E-state index in [1.54, 1.807) is 41.3 Å². The molecule has 2 aliphatic rings. The number of β-lactam (4-membered cyclic amide) rings is 1. The number of carbonyl (C=O) groups is 1. The first-order valence-electron chi connectivity index (χ1n) is 5.99. The predicted molar refractivity (Wildman–Crippen MR) is 67.8 cm³/mol. The van der Waals surface area contributed by atoms with E-state index >= 15 is 0 Å². The summed E-state index contributed by atoms with van der Waals surface area (Å²) in [7, 11) is -3.34. The van der Waals surface area contributed by atoms with Crippen LogP contribution in [0.25, 0.3) is 0 Å². The number of fused-ring (bicyclic) bond motifs is 1. The quantitative estimate of drug-likeness (QED) is 0.772. The zero-order chi connectivity index (χ0) is 13.5. The third kappa shape index (κ3) is 2.23. The van der Waals surface area contributed by atoms with Crippen LogP contribution >= 0.6 is 0 Å². The van der Waals surface area contributed by atoms with Crippen LogP contribution in [0, 0.1) is 0 Å². The fraction of sp³-hybridized carbons (Fsp3) is 0.308. The van der Waals surface area contributed by atoms with Crippen molar-refractivity contribution in [2.24, 2.45) is 0 Å². The number of amides is 1.